The Bertz CT molecular complexity index is 1270. The van der Waals surface area contributed by atoms with Crippen LogP contribution in [0.25, 0.3) is 33.1 Å². The maximum atomic E-state index is 9.84. The average molecular weight is 445 g/mol. The first-order valence-electron chi connectivity index (χ1n) is 11.7. The third kappa shape index (κ3) is 4.00. The van der Waals surface area contributed by atoms with E-state index in [4.69, 9.17) is 4.74 Å². The molecule has 3 N–H and O–H groups in total. The van der Waals surface area contributed by atoms with Crippen LogP contribution in [0.3, 0.4) is 0 Å². The molecule has 1 saturated carbocycles. The summed E-state index contributed by atoms with van der Waals surface area (Å²) in [5.41, 5.74) is 3.71. The highest BCUT2D eigenvalue weighted by Gasteiger charge is 2.27. The molecule has 8 nitrogen and oxygen atoms in total. The van der Waals surface area contributed by atoms with Gasteiger partial charge in [-0.15, -0.1) is 0 Å². The molecule has 2 aliphatic rings. The number of ether oxygens (including phenoxy) is 1. The van der Waals surface area contributed by atoms with E-state index in [2.05, 4.69) is 36.2 Å². The van der Waals surface area contributed by atoms with Gasteiger partial charge in [0.2, 0.25) is 0 Å². The summed E-state index contributed by atoms with van der Waals surface area (Å²) in [6.45, 7) is 3.83. The molecule has 0 unspecified atom stereocenters. The Hall–Kier alpha value is -3.23. The molecule has 3 aromatic heterocycles. The van der Waals surface area contributed by atoms with Crippen LogP contribution in [0, 0.1) is 0 Å². The zero-order valence-corrected chi connectivity index (χ0v) is 18.5. The van der Waals surface area contributed by atoms with Crippen molar-refractivity contribution < 1.29 is 9.84 Å². The summed E-state index contributed by atoms with van der Waals surface area (Å²) in [7, 11) is 0. The average Bonchev–Trinajstić information content (AvgIpc) is 3.24. The van der Waals surface area contributed by atoms with Gasteiger partial charge in [-0.25, -0.2) is 9.97 Å². The third-order valence-corrected chi connectivity index (χ3v) is 7.05. The molecule has 0 radical (unpaired) electrons. The minimum atomic E-state index is 0.157. The Labute approximate surface area is 192 Å². The number of hydrogen-bond acceptors (Lipinski definition) is 7. The number of nitrogens with zero attached hydrogens (tertiary/aromatic N) is 4. The van der Waals surface area contributed by atoms with Crippen LogP contribution in [0.5, 0.6) is 5.75 Å². The minimum Gasteiger partial charge on any atom is -0.506 e. The first kappa shape index (κ1) is 20.4. The van der Waals surface area contributed by atoms with Gasteiger partial charge in [0, 0.05) is 47.8 Å². The van der Waals surface area contributed by atoms with Crippen molar-refractivity contribution in [2.24, 2.45) is 0 Å². The van der Waals surface area contributed by atoms with Crippen molar-refractivity contribution >= 4 is 27.8 Å². The SMILES string of the molecule is Oc1cncc(-c2ccc3[nH]c4ncnc(NC5CCC(N6CCOCC6)CC5)c4c3c2)c1. The van der Waals surface area contributed by atoms with Crippen LogP contribution >= 0.6 is 0 Å². The highest BCUT2D eigenvalue weighted by Crippen LogP contribution is 2.34. The van der Waals surface area contributed by atoms with E-state index in [1.165, 1.54) is 19.0 Å². The quantitative estimate of drug-likeness (QED) is 0.439. The molecule has 8 heteroatoms. The van der Waals surface area contributed by atoms with Gasteiger partial charge in [0.1, 0.15) is 23.5 Å². The van der Waals surface area contributed by atoms with Crippen LogP contribution in [0.15, 0.2) is 43.0 Å². The molecule has 170 valence electrons. The van der Waals surface area contributed by atoms with Gasteiger partial charge in [0.25, 0.3) is 0 Å². The van der Waals surface area contributed by atoms with Gasteiger partial charge < -0.3 is 20.1 Å². The molecule has 2 fully saturated rings. The lowest BCUT2D eigenvalue weighted by molar-refractivity contribution is 0.00791. The molecule has 1 aliphatic heterocycles. The molecule has 6 rings (SSSR count). The van der Waals surface area contributed by atoms with Gasteiger partial charge >= 0.3 is 0 Å². The predicted molar refractivity (Wildman–Crippen MR) is 128 cm³/mol. The number of hydrogen-bond donors (Lipinski definition) is 3. The van der Waals surface area contributed by atoms with Crippen LogP contribution in [0.4, 0.5) is 5.82 Å². The fourth-order valence-corrected chi connectivity index (χ4v) is 5.32. The third-order valence-electron chi connectivity index (χ3n) is 7.05. The zero-order valence-electron chi connectivity index (χ0n) is 18.5. The largest absolute Gasteiger partial charge is 0.506 e. The zero-order chi connectivity index (χ0) is 22.2. The molecule has 0 atom stereocenters. The van der Waals surface area contributed by atoms with E-state index in [0.29, 0.717) is 12.1 Å². The highest BCUT2D eigenvalue weighted by atomic mass is 16.5. The van der Waals surface area contributed by atoms with E-state index in [1.807, 2.05) is 12.1 Å². The molecule has 1 saturated heterocycles. The summed E-state index contributed by atoms with van der Waals surface area (Å²) >= 11 is 0. The van der Waals surface area contributed by atoms with E-state index in [9.17, 15) is 5.11 Å². The van der Waals surface area contributed by atoms with Crippen molar-refractivity contribution in [2.45, 2.75) is 37.8 Å². The van der Waals surface area contributed by atoms with Gasteiger partial charge in [-0.1, -0.05) is 6.07 Å². The van der Waals surface area contributed by atoms with Crippen molar-refractivity contribution in [3.05, 3.63) is 43.0 Å². The molecular weight excluding hydrogens is 416 g/mol. The first-order valence-corrected chi connectivity index (χ1v) is 11.7. The van der Waals surface area contributed by atoms with Crippen molar-refractivity contribution in [1.82, 2.24) is 24.8 Å². The lowest BCUT2D eigenvalue weighted by Crippen LogP contribution is -2.46. The number of pyridine rings is 1. The molecule has 0 spiro atoms. The Balaban J connectivity index is 1.27. The van der Waals surface area contributed by atoms with Crippen LogP contribution in [0.1, 0.15) is 25.7 Å². The standard InChI is InChI=1S/C25H28N6O2/c32-20-11-17(13-26-14-20)16-1-6-22-21(12-16)23-24(27-15-28-25(23)30-22)29-18-2-4-19(5-3-18)31-7-9-33-10-8-31/h1,6,11-15,18-19,32H,2-5,7-10H2,(H2,27,28,29,30). The number of rotatable bonds is 4. The number of fused-ring (bicyclic) bond motifs is 3. The van der Waals surface area contributed by atoms with E-state index < -0.39 is 0 Å². The number of aromatic nitrogens is 4. The molecule has 1 aromatic carbocycles. The number of morpholine rings is 1. The van der Waals surface area contributed by atoms with E-state index >= 15 is 0 Å². The van der Waals surface area contributed by atoms with Gasteiger partial charge in [0.15, 0.2) is 0 Å². The van der Waals surface area contributed by atoms with E-state index in [0.717, 1.165) is 78.0 Å². The van der Waals surface area contributed by atoms with Crippen molar-refractivity contribution in [3.63, 3.8) is 0 Å². The van der Waals surface area contributed by atoms with Crippen LogP contribution in [0.2, 0.25) is 0 Å². The summed E-state index contributed by atoms with van der Waals surface area (Å²) < 4.78 is 5.51. The van der Waals surface area contributed by atoms with Crippen LogP contribution in [-0.4, -0.2) is 68.3 Å². The Kier molecular flexibility index (Phi) is 5.32. The number of benzene rings is 1. The van der Waals surface area contributed by atoms with Crippen molar-refractivity contribution in [2.75, 3.05) is 31.6 Å². The van der Waals surface area contributed by atoms with Gasteiger partial charge in [-0.3, -0.25) is 9.88 Å². The van der Waals surface area contributed by atoms with E-state index in [1.54, 1.807) is 18.6 Å². The van der Waals surface area contributed by atoms with Crippen molar-refractivity contribution in [1.29, 1.82) is 0 Å². The van der Waals surface area contributed by atoms with E-state index in [-0.39, 0.29) is 5.75 Å². The fraction of sp³-hybridized carbons (Fsp3) is 0.400. The normalized spacial score (nSPS) is 22.1. The smallest absolute Gasteiger partial charge is 0.143 e. The van der Waals surface area contributed by atoms with Gasteiger partial charge in [0.05, 0.1) is 24.8 Å². The number of H-pyrrole nitrogens is 1. The summed E-state index contributed by atoms with van der Waals surface area (Å²) in [6, 6.07) is 9.00. The molecule has 4 heterocycles. The number of anilines is 1. The van der Waals surface area contributed by atoms with Gasteiger partial charge in [-0.05, 0) is 49.4 Å². The molecular formula is C25H28N6O2. The Morgan fingerprint density at radius 2 is 1.85 bits per heavy atom. The Morgan fingerprint density at radius 3 is 2.67 bits per heavy atom. The summed E-state index contributed by atoms with van der Waals surface area (Å²) in [4.78, 5) is 19.3. The summed E-state index contributed by atoms with van der Waals surface area (Å²) in [5.74, 6) is 1.04. The number of aromatic hydroxyl groups is 1. The van der Waals surface area contributed by atoms with Crippen LogP contribution < -0.4 is 5.32 Å². The highest BCUT2D eigenvalue weighted by molar-refractivity contribution is 6.12. The summed E-state index contributed by atoms with van der Waals surface area (Å²) in [6.07, 6.45) is 9.50. The Morgan fingerprint density at radius 1 is 1.00 bits per heavy atom. The molecule has 1 aliphatic carbocycles. The lowest BCUT2D eigenvalue weighted by atomic mass is 9.90. The lowest BCUT2D eigenvalue weighted by Gasteiger charge is -2.39. The number of nitrogens with one attached hydrogen (secondary N) is 2. The maximum absolute atomic E-state index is 9.84. The maximum Gasteiger partial charge on any atom is 0.143 e. The second kappa shape index (κ2) is 8.61. The predicted octanol–water partition coefficient (Wildman–Crippen LogP) is 3.93. The van der Waals surface area contributed by atoms with Crippen LogP contribution in [-0.2, 0) is 4.74 Å². The first-order chi connectivity index (χ1) is 16.2. The number of aromatic amines is 1. The monoisotopic (exact) mass is 444 g/mol. The second-order valence-electron chi connectivity index (χ2n) is 9.06. The molecule has 0 bridgehead atoms. The second-order valence-corrected chi connectivity index (χ2v) is 9.06. The fourth-order valence-electron chi connectivity index (χ4n) is 5.32. The molecule has 4 aromatic rings. The molecule has 0 amide bonds. The van der Waals surface area contributed by atoms with Gasteiger partial charge in [-0.2, -0.15) is 0 Å². The van der Waals surface area contributed by atoms with Crippen molar-refractivity contribution in [3.8, 4) is 16.9 Å². The molecule has 33 heavy (non-hydrogen) atoms. The minimum absolute atomic E-state index is 0.157. The topological polar surface area (TPSA) is 99.2 Å². The summed E-state index contributed by atoms with van der Waals surface area (Å²) in [5, 5.41) is 15.6.